The Morgan fingerprint density at radius 3 is 2.86 bits per heavy atom. The van der Waals surface area contributed by atoms with Gasteiger partial charge in [-0.25, -0.2) is 13.8 Å². The Balaban J connectivity index is 2.02. The molecule has 0 spiro atoms. The molecule has 2 heterocycles. The van der Waals surface area contributed by atoms with Crippen molar-refractivity contribution in [2.24, 2.45) is 0 Å². The molecule has 21 heavy (non-hydrogen) atoms. The van der Waals surface area contributed by atoms with Crippen molar-refractivity contribution in [3.05, 3.63) is 10.7 Å². The van der Waals surface area contributed by atoms with Crippen LogP contribution < -0.4 is 10.2 Å². The molecule has 116 valence electrons. The summed E-state index contributed by atoms with van der Waals surface area (Å²) in [6.45, 7) is 2.59. The van der Waals surface area contributed by atoms with Crippen LogP contribution in [0.2, 0.25) is 0 Å². The molecule has 0 aromatic carbocycles. The maximum absolute atomic E-state index is 12.1. The first-order valence-corrected chi connectivity index (χ1v) is 7.29. The second-order valence-electron chi connectivity index (χ2n) is 4.44. The average molecular weight is 365 g/mol. The van der Waals surface area contributed by atoms with Crippen LogP contribution in [0.4, 0.5) is 20.5 Å². The molecule has 1 amide bonds. The molecule has 0 unspecified atom stereocenters. The maximum Gasteiger partial charge on any atom is 0.239 e. The van der Waals surface area contributed by atoms with Gasteiger partial charge in [0.05, 0.1) is 17.7 Å². The maximum atomic E-state index is 12.1. The van der Waals surface area contributed by atoms with Gasteiger partial charge in [0.2, 0.25) is 18.3 Å². The summed E-state index contributed by atoms with van der Waals surface area (Å²) in [4.78, 5) is 21.7. The topological polar surface area (TPSA) is 67.4 Å². The van der Waals surface area contributed by atoms with Crippen LogP contribution in [0.5, 0.6) is 0 Å². The second-order valence-corrected chi connectivity index (χ2v) is 5.30. The number of amides is 1. The Kier molecular flexibility index (Phi) is 5.80. The zero-order chi connectivity index (χ0) is 15.2. The number of hydrogen-bond acceptors (Lipinski definition) is 5. The SMILES string of the molecule is O=C(CCC(F)F)Nc1ncc(Br)c(N2CCOCC2)n1. The molecule has 9 heteroatoms. The third kappa shape index (κ3) is 4.85. The minimum atomic E-state index is -2.49. The number of morpholine rings is 1. The number of carbonyl (C=O) groups excluding carboxylic acids is 1. The summed E-state index contributed by atoms with van der Waals surface area (Å²) >= 11 is 3.36. The molecule has 1 fully saturated rings. The zero-order valence-electron chi connectivity index (χ0n) is 11.2. The Morgan fingerprint density at radius 2 is 2.19 bits per heavy atom. The van der Waals surface area contributed by atoms with Crippen LogP contribution in [-0.2, 0) is 9.53 Å². The number of nitrogens with zero attached hydrogens (tertiary/aromatic N) is 3. The lowest BCUT2D eigenvalue weighted by atomic mass is 10.3. The van der Waals surface area contributed by atoms with Gasteiger partial charge < -0.3 is 9.64 Å². The summed E-state index contributed by atoms with van der Waals surface area (Å²) in [6, 6.07) is 0. The summed E-state index contributed by atoms with van der Waals surface area (Å²) in [6.07, 6.45) is -1.70. The van der Waals surface area contributed by atoms with Crippen LogP contribution in [0, 0.1) is 0 Å². The van der Waals surface area contributed by atoms with E-state index in [1.54, 1.807) is 0 Å². The van der Waals surface area contributed by atoms with Gasteiger partial charge in [-0.2, -0.15) is 4.98 Å². The van der Waals surface area contributed by atoms with Crippen LogP contribution >= 0.6 is 15.9 Å². The van der Waals surface area contributed by atoms with Gasteiger partial charge in [0.15, 0.2) is 0 Å². The molecular weight excluding hydrogens is 350 g/mol. The number of ether oxygens (including phenoxy) is 1. The monoisotopic (exact) mass is 364 g/mol. The lowest BCUT2D eigenvalue weighted by Crippen LogP contribution is -2.37. The van der Waals surface area contributed by atoms with Gasteiger partial charge in [0, 0.05) is 32.1 Å². The van der Waals surface area contributed by atoms with Crippen molar-refractivity contribution < 1.29 is 18.3 Å². The minimum Gasteiger partial charge on any atom is -0.378 e. The van der Waals surface area contributed by atoms with E-state index in [0.717, 1.165) is 0 Å². The van der Waals surface area contributed by atoms with Gasteiger partial charge in [0.25, 0.3) is 0 Å². The van der Waals surface area contributed by atoms with E-state index in [-0.39, 0.29) is 12.4 Å². The van der Waals surface area contributed by atoms with E-state index in [9.17, 15) is 13.6 Å². The molecule has 1 aromatic rings. The number of aromatic nitrogens is 2. The highest BCUT2D eigenvalue weighted by Gasteiger charge is 2.17. The standard InChI is InChI=1S/C12H15BrF2N4O2/c13-8-7-16-12(17-10(20)2-1-9(14)15)18-11(8)19-3-5-21-6-4-19/h7,9H,1-6H2,(H,16,17,18,20). The van der Waals surface area contributed by atoms with E-state index < -0.39 is 18.8 Å². The molecule has 0 atom stereocenters. The first-order chi connectivity index (χ1) is 10.1. The summed E-state index contributed by atoms with van der Waals surface area (Å²) in [7, 11) is 0. The quantitative estimate of drug-likeness (QED) is 0.865. The minimum absolute atomic E-state index is 0.110. The van der Waals surface area contributed by atoms with E-state index in [4.69, 9.17) is 4.74 Å². The van der Waals surface area contributed by atoms with Gasteiger partial charge in [-0.15, -0.1) is 0 Å². The molecule has 0 aliphatic carbocycles. The number of halogens is 3. The highest BCUT2D eigenvalue weighted by Crippen LogP contribution is 2.25. The van der Waals surface area contributed by atoms with Gasteiger partial charge in [-0.3, -0.25) is 10.1 Å². The molecule has 1 N–H and O–H groups in total. The number of nitrogens with one attached hydrogen (secondary N) is 1. The van der Waals surface area contributed by atoms with Crippen LogP contribution in [0.1, 0.15) is 12.8 Å². The van der Waals surface area contributed by atoms with Crippen LogP contribution in [0.25, 0.3) is 0 Å². The fourth-order valence-electron chi connectivity index (χ4n) is 1.84. The Morgan fingerprint density at radius 1 is 1.48 bits per heavy atom. The first-order valence-electron chi connectivity index (χ1n) is 6.49. The largest absolute Gasteiger partial charge is 0.378 e. The van der Waals surface area contributed by atoms with Crippen molar-refractivity contribution in [3.8, 4) is 0 Å². The fourth-order valence-corrected chi connectivity index (χ4v) is 2.28. The molecule has 2 rings (SSSR count). The van der Waals surface area contributed by atoms with Crippen molar-refractivity contribution >= 4 is 33.6 Å². The van der Waals surface area contributed by atoms with Crippen molar-refractivity contribution in [2.75, 3.05) is 36.5 Å². The third-order valence-corrected chi connectivity index (χ3v) is 3.44. The number of hydrogen-bond donors (Lipinski definition) is 1. The molecule has 1 aromatic heterocycles. The predicted octanol–water partition coefficient (Wildman–Crippen LogP) is 2.06. The van der Waals surface area contributed by atoms with E-state index in [0.29, 0.717) is 36.6 Å². The van der Waals surface area contributed by atoms with Gasteiger partial charge >= 0.3 is 0 Å². The van der Waals surface area contributed by atoms with Crippen LogP contribution in [-0.4, -0.2) is 48.6 Å². The fraction of sp³-hybridized carbons (Fsp3) is 0.583. The van der Waals surface area contributed by atoms with Crippen molar-refractivity contribution in [1.82, 2.24) is 9.97 Å². The predicted molar refractivity (Wildman–Crippen MR) is 76.6 cm³/mol. The average Bonchev–Trinajstić information content (AvgIpc) is 2.48. The molecule has 1 saturated heterocycles. The zero-order valence-corrected chi connectivity index (χ0v) is 12.8. The lowest BCUT2D eigenvalue weighted by molar-refractivity contribution is -0.117. The van der Waals surface area contributed by atoms with Crippen LogP contribution in [0.15, 0.2) is 10.7 Å². The van der Waals surface area contributed by atoms with Crippen molar-refractivity contribution in [1.29, 1.82) is 0 Å². The van der Waals surface area contributed by atoms with E-state index >= 15 is 0 Å². The number of carbonyl (C=O) groups is 1. The van der Waals surface area contributed by atoms with Gasteiger partial charge in [0.1, 0.15) is 5.82 Å². The molecule has 6 nitrogen and oxygen atoms in total. The summed E-state index contributed by atoms with van der Waals surface area (Å²) in [5.41, 5.74) is 0. The Hall–Kier alpha value is -1.35. The highest BCUT2D eigenvalue weighted by atomic mass is 79.9. The molecule has 1 aliphatic heterocycles. The molecule has 0 radical (unpaired) electrons. The number of alkyl halides is 2. The highest BCUT2D eigenvalue weighted by molar-refractivity contribution is 9.10. The van der Waals surface area contributed by atoms with Crippen molar-refractivity contribution in [2.45, 2.75) is 19.3 Å². The van der Waals surface area contributed by atoms with E-state index in [1.165, 1.54) is 6.20 Å². The molecule has 1 aliphatic rings. The summed E-state index contributed by atoms with van der Waals surface area (Å²) in [5.74, 6) is 0.238. The normalized spacial score (nSPS) is 15.3. The summed E-state index contributed by atoms with van der Waals surface area (Å²) in [5, 5.41) is 2.43. The van der Waals surface area contributed by atoms with Gasteiger partial charge in [-0.1, -0.05) is 0 Å². The Labute approximate surface area is 129 Å². The van der Waals surface area contributed by atoms with E-state index in [1.807, 2.05) is 4.90 Å². The number of anilines is 2. The smallest absolute Gasteiger partial charge is 0.239 e. The van der Waals surface area contributed by atoms with Gasteiger partial charge in [-0.05, 0) is 15.9 Å². The molecular formula is C12H15BrF2N4O2. The first kappa shape index (κ1) is 16.0. The third-order valence-electron chi connectivity index (χ3n) is 2.88. The second kappa shape index (κ2) is 7.60. The molecule has 0 saturated carbocycles. The summed E-state index contributed by atoms with van der Waals surface area (Å²) < 4.78 is 30.1. The number of rotatable bonds is 5. The molecule has 0 bridgehead atoms. The van der Waals surface area contributed by atoms with E-state index in [2.05, 4.69) is 31.2 Å². The van der Waals surface area contributed by atoms with Crippen LogP contribution in [0.3, 0.4) is 0 Å². The lowest BCUT2D eigenvalue weighted by Gasteiger charge is -2.28. The van der Waals surface area contributed by atoms with Crippen molar-refractivity contribution in [3.63, 3.8) is 0 Å². The Bertz CT molecular complexity index is 498.